The molecule has 0 spiro atoms. The molecule has 1 aliphatic rings. The van der Waals surface area contributed by atoms with Gasteiger partial charge >= 0.3 is 5.97 Å². The van der Waals surface area contributed by atoms with Crippen LogP contribution in [0.1, 0.15) is 35.8 Å². The van der Waals surface area contributed by atoms with Gasteiger partial charge in [0.2, 0.25) is 0 Å². The molecule has 3 heteroatoms. The van der Waals surface area contributed by atoms with Crippen molar-refractivity contribution >= 4 is 22.6 Å². The second-order valence-corrected chi connectivity index (χ2v) is 4.96. The Kier molecular flexibility index (Phi) is 3.18. The van der Waals surface area contributed by atoms with E-state index in [9.17, 15) is 9.90 Å². The van der Waals surface area contributed by atoms with E-state index in [1.807, 2.05) is 47.9 Å². The summed E-state index contributed by atoms with van der Waals surface area (Å²) in [4.78, 5) is 11.7. The van der Waals surface area contributed by atoms with Crippen molar-refractivity contribution in [3.63, 3.8) is 0 Å². The van der Waals surface area contributed by atoms with Gasteiger partial charge in [-0.2, -0.15) is 0 Å². The van der Waals surface area contributed by atoms with Crippen molar-refractivity contribution in [3.8, 4) is 0 Å². The van der Waals surface area contributed by atoms with Gasteiger partial charge in [0.15, 0.2) is 0 Å². The summed E-state index contributed by atoms with van der Waals surface area (Å²) in [5.74, 6) is -0.853. The van der Waals surface area contributed by atoms with Crippen LogP contribution in [0.25, 0.3) is 16.6 Å². The molecule has 1 aromatic carbocycles. The smallest absolute Gasteiger partial charge is 0.353 e. The van der Waals surface area contributed by atoms with E-state index < -0.39 is 5.97 Å². The van der Waals surface area contributed by atoms with Crippen LogP contribution in [0.5, 0.6) is 0 Å². The summed E-state index contributed by atoms with van der Waals surface area (Å²) in [6, 6.07) is 7.94. The molecule has 0 amide bonds. The maximum atomic E-state index is 11.7. The number of para-hydroxylation sites is 1. The highest BCUT2D eigenvalue weighted by molar-refractivity contribution is 6.00. The van der Waals surface area contributed by atoms with Crippen LogP contribution in [0.4, 0.5) is 0 Å². The molecule has 0 saturated heterocycles. The number of carbonyl (C=O) groups is 1. The number of aromatic nitrogens is 1. The van der Waals surface area contributed by atoms with Crippen molar-refractivity contribution in [1.82, 2.24) is 4.57 Å². The van der Waals surface area contributed by atoms with E-state index in [1.54, 1.807) is 0 Å². The lowest BCUT2D eigenvalue weighted by atomic mass is 10.1. The minimum Gasteiger partial charge on any atom is -0.477 e. The predicted molar refractivity (Wildman–Crippen MR) is 80.9 cm³/mol. The summed E-state index contributed by atoms with van der Waals surface area (Å²) < 4.78 is 1.92. The minimum atomic E-state index is -0.853. The number of carboxylic acids is 1. The fourth-order valence-electron chi connectivity index (χ4n) is 2.96. The summed E-state index contributed by atoms with van der Waals surface area (Å²) in [7, 11) is 0. The van der Waals surface area contributed by atoms with E-state index in [2.05, 4.69) is 6.08 Å². The number of allylic oxidation sites excluding steroid dienone is 4. The van der Waals surface area contributed by atoms with Crippen LogP contribution in [-0.4, -0.2) is 15.6 Å². The van der Waals surface area contributed by atoms with Gasteiger partial charge in [-0.25, -0.2) is 4.79 Å². The maximum absolute atomic E-state index is 11.7. The second kappa shape index (κ2) is 5.00. The van der Waals surface area contributed by atoms with Gasteiger partial charge in [0.1, 0.15) is 5.69 Å². The first-order valence-corrected chi connectivity index (χ1v) is 6.95. The van der Waals surface area contributed by atoms with Gasteiger partial charge in [0, 0.05) is 11.1 Å². The Labute approximate surface area is 117 Å². The standard InChI is InChI=1S/C17H17NO2/c1-2-13-14-10-6-7-11-15(14)18(16(13)17(19)20)12-8-4-3-5-9-12/h3-4,6-8,10-11H,2,5,9H2,1H3,(H,19,20). The van der Waals surface area contributed by atoms with Gasteiger partial charge in [0.05, 0.1) is 5.52 Å². The normalized spacial score (nSPS) is 14.6. The van der Waals surface area contributed by atoms with E-state index in [0.29, 0.717) is 5.69 Å². The largest absolute Gasteiger partial charge is 0.477 e. The van der Waals surface area contributed by atoms with E-state index in [4.69, 9.17) is 0 Å². The number of fused-ring (bicyclic) bond motifs is 1. The van der Waals surface area contributed by atoms with E-state index in [1.165, 1.54) is 0 Å². The molecule has 0 fully saturated rings. The number of benzene rings is 1. The van der Waals surface area contributed by atoms with Crippen molar-refractivity contribution in [2.24, 2.45) is 0 Å². The number of rotatable bonds is 3. The van der Waals surface area contributed by atoms with Crippen LogP contribution in [0.2, 0.25) is 0 Å². The van der Waals surface area contributed by atoms with Crippen molar-refractivity contribution < 1.29 is 9.90 Å². The molecule has 1 N–H and O–H groups in total. The highest BCUT2D eigenvalue weighted by atomic mass is 16.4. The Bertz CT molecular complexity index is 735. The fraction of sp³-hybridized carbons (Fsp3) is 0.235. The van der Waals surface area contributed by atoms with Crippen molar-refractivity contribution in [1.29, 1.82) is 0 Å². The first-order valence-electron chi connectivity index (χ1n) is 6.95. The zero-order valence-corrected chi connectivity index (χ0v) is 11.5. The van der Waals surface area contributed by atoms with Crippen LogP contribution < -0.4 is 0 Å². The van der Waals surface area contributed by atoms with Crippen LogP contribution in [0, 0.1) is 0 Å². The molecule has 0 bridgehead atoms. The van der Waals surface area contributed by atoms with Gasteiger partial charge in [-0.05, 0) is 37.0 Å². The fourth-order valence-corrected chi connectivity index (χ4v) is 2.96. The molecule has 3 rings (SSSR count). The Morgan fingerprint density at radius 2 is 2.15 bits per heavy atom. The third kappa shape index (κ3) is 1.86. The molecule has 0 atom stereocenters. The number of carboxylic acid groups (broad SMARTS) is 1. The van der Waals surface area contributed by atoms with Crippen LogP contribution in [-0.2, 0) is 6.42 Å². The highest BCUT2D eigenvalue weighted by Crippen LogP contribution is 2.32. The monoisotopic (exact) mass is 267 g/mol. The van der Waals surface area contributed by atoms with Crippen LogP contribution >= 0.6 is 0 Å². The molecule has 1 aliphatic carbocycles. The first kappa shape index (κ1) is 12.7. The molecule has 102 valence electrons. The van der Waals surface area contributed by atoms with Crippen molar-refractivity contribution in [2.75, 3.05) is 0 Å². The van der Waals surface area contributed by atoms with E-state index in [0.717, 1.165) is 41.4 Å². The number of nitrogens with zero attached hydrogens (tertiary/aromatic N) is 1. The lowest BCUT2D eigenvalue weighted by molar-refractivity contribution is 0.0687. The Hall–Kier alpha value is -2.29. The van der Waals surface area contributed by atoms with Gasteiger partial charge in [-0.1, -0.05) is 37.3 Å². The van der Waals surface area contributed by atoms with E-state index >= 15 is 0 Å². The summed E-state index contributed by atoms with van der Waals surface area (Å²) in [6.07, 6.45) is 8.68. The topological polar surface area (TPSA) is 42.2 Å². The molecule has 3 nitrogen and oxygen atoms in total. The molecule has 1 heterocycles. The van der Waals surface area contributed by atoms with Crippen LogP contribution in [0.3, 0.4) is 0 Å². The van der Waals surface area contributed by atoms with Gasteiger partial charge in [0.25, 0.3) is 0 Å². The highest BCUT2D eigenvalue weighted by Gasteiger charge is 2.22. The molecular weight excluding hydrogens is 250 g/mol. The van der Waals surface area contributed by atoms with Gasteiger partial charge in [-0.15, -0.1) is 0 Å². The Balaban J connectivity index is 2.39. The summed E-state index contributed by atoms with van der Waals surface area (Å²) in [5, 5.41) is 10.7. The summed E-state index contributed by atoms with van der Waals surface area (Å²) in [6.45, 7) is 2.01. The summed E-state index contributed by atoms with van der Waals surface area (Å²) >= 11 is 0. The average Bonchev–Trinajstić information content (AvgIpc) is 2.82. The average molecular weight is 267 g/mol. The molecule has 20 heavy (non-hydrogen) atoms. The van der Waals surface area contributed by atoms with Gasteiger partial charge in [-0.3, -0.25) is 0 Å². The number of aromatic carboxylic acids is 1. The number of hydrogen-bond donors (Lipinski definition) is 1. The number of aryl methyl sites for hydroxylation is 1. The zero-order valence-electron chi connectivity index (χ0n) is 11.5. The second-order valence-electron chi connectivity index (χ2n) is 4.96. The Morgan fingerprint density at radius 3 is 2.80 bits per heavy atom. The first-order chi connectivity index (χ1) is 9.74. The quantitative estimate of drug-likeness (QED) is 0.910. The Morgan fingerprint density at radius 1 is 1.35 bits per heavy atom. The SMILES string of the molecule is CCc1c(C(=O)O)n(C2=CC=CCC2)c2ccccc12. The van der Waals surface area contributed by atoms with Crippen molar-refractivity contribution in [3.05, 3.63) is 53.8 Å². The molecule has 0 radical (unpaired) electrons. The maximum Gasteiger partial charge on any atom is 0.353 e. The van der Waals surface area contributed by atoms with Crippen LogP contribution in [0.15, 0.2) is 42.5 Å². The third-order valence-corrected chi connectivity index (χ3v) is 3.81. The zero-order chi connectivity index (χ0) is 14.1. The molecular formula is C17H17NO2. The van der Waals surface area contributed by atoms with E-state index in [-0.39, 0.29) is 0 Å². The third-order valence-electron chi connectivity index (χ3n) is 3.81. The lowest BCUT2D eigenvalue weighted by Crippen LogP contribution is -2.10. The molecule has 0 unspecified atom stereocenters. The summed E-state index contributed by atoms with van der Waals surface area (Å²) in [5.41, 5.74) is 3.38. The molecule has 0 aliphatic heterocycles. The predicted octanol–water partition coefficient (Wildman–Crippen LogP) is 4.09. The molecule has 2 aromatic rings. The minimum absolute atomic E-state index is 0.412. The van der Waals surface area contributed by atoms with Crippen molar-refractivity contribution in [2.45, 2.75) is 26.2 Å². The molecule has 1 aromatic heterocycles. The number of hydrogen-bond acceptors (Lipinski definition) is 1. The molecule has 0 saturated carbocycles. The lowest BCUT2D eigenvalue weighted by Gasteiger charge is -2.14. The van der Waals surface area contributed by atoms with Gasteiger partial charge < -0.3 is 9.67 Å².